The number of nitrogens with two attached hydrogens (primary N) is 1. The molecule has 0 unspecified atom stereocenters. The molecule has 0 heterocycles. The molecule has 1 aromatic carbocycles. The minimum atomic E-state index is -3.81. The summed E-state index contributed by atoms with van der Waals surface area (Å²) in [4.78, 5) is -0.195. The highest BCUT2D eigenvalue weighted by molar-refractivity contribution is 7.89. The van der Waals surface area contributed by atoms with Gasteiger partial charge in [-0.3, -0.25) is 0 Å². The largest absolute Gasteiger partial charge is 0.379 e. The molecule has 19 heavy (non-hydrogen) atoms. The number of hydrogen-bond acceptors (Lipinski definition) is 4. The van der Waals surface area contributed by atoms with Gasteiger partial charge in [0.15, 0.2) is 0 Å². The van der Waals surface area contributed by atoms with Crippen LogP contribution in [0.15, 0.2) is 17.0 Å². The van der Waals surface area contributed by atoms with E-state index in [0.717, 1.165) is 0 Å². The Labute approximate surface area is 127 Å². The number of benzene rings is 1. The predicted octanol–water partition coefficient (Wildman–Crippen LogP) is 1.90. The van der Waals surface area contributed by atoms with Crippen LogP contribution in [0.5, 0.6) is 0 Å². The molecule has 0 aromatic heterocycles. The third kappa shape index (κ3) is 5.07. The molecule has 108 valence electrons. The molecule has 0 saturated heterocycles. The van der Waals surface area contributed by atoms with Gasteiger partial charge in [-0.2, -0.15) is 0 Å². The fraction of sp³-hybridized carbons (Fsp3) is 0.400. The number of sulfonamides is 1. The second-order valence-electron chi connectivity index (χ2n) is 3.50. The average Bonchev–Trinajstić information content (AvgIpc) is 2.26. The van der Waals surface area contributed by atoms with Crippen molar-refractivity contribution >= 4 is 44.8 Å². The van der Waals surface area contributed by atoms with Crippen LogP contribution in [0.3, 0.4) is 0 Å². The zero-order chi connectivity index (χ0) is 14.5. The van der Waals surface area contributed by atoms with Gasteiger partial charge in [0.05, 0.1) is 23.3 Å². The summed E-state index contributed by atoms with van der Waals surface area (Å²) in [5.74, 6) is 0. The van der Waals surface area contributed by atoms with E-state index in [-0.39, 0.29) is 33.1 Å². The van der Waals surface area contributed by atoms with Gasteiger partial charge in [0, 0.05) is 18.1 Å². The fourth-order valence-corrected chi connectivity index (χ4v) is 3.85. The van der Waals surface area contributed by atoms with Gasteiger partial charge >= 0.3 is 0 Å². The molecule has 0 aliphatic rings. The minimum absolute atomic E-state index is 0.0344. The first-order chi connectivity index (χ1) is 8.88. The molecule has 0 fully saturated rings. The predicted molar refractivity (Wildman–Crippen MR) is 76.5 cm³/mol. The fourth-order valence-electron chi connectivity index (χ4n) is 1.29. The lowest BCUT2D eigenvalue weighted by molar-refractivity contribution is 0.147. The second kappa shape index (κ2) is 7.64. The molecule has 3 N–H and O–H groups in total. The van der Waals surface area contributed by atoms with Crippen LogP contribution in [0.4, 0.5) is 0 Å². The molecule has 1 rings (SSSR count). The molecule has 0 saturated carbocycles. The maximum atomic E-state index is 12.0. The Hall–Kier alpha value is -0.0800. The molecule has 5 nitrogen and oxygen atoms in total. The Morgan fingerprint density at radius 3 is 2.26 bits per heavy atom. The van der Waals surface area contributed by atoms with E-state index in [4.69, 9.17) is 45.3 Å². The van der Waals surface area contributed by atoms with Gasteiger partial charge < -0.3 is 10.5 Å². The standard InChI is InChI=1S/C10H13Cl3N2O3S/c11-7-5-8(12)10(9(13)6-7)19(16,17)15-2-4-18-3-1-14/h5-6,15H,1-4,14H2. The third-order valence-corrected chi connectivity index (χ3v) is 4.63. The van der Waals surface area contributed by atoms with Gasteiger partial charge in [0.2, 0.25) is 10.0 Å². The summed E-state index contributed by atoms with van der Waals surface area (Å²) in [5, 5.41) is 0.195. The van der Waals surface area contributed by atoms with Crippen molar-refractivity contribution < 1.29 is 13.2 Å². The molecule has 0 aliphatic heterocycles. The molecule has 9 heteroatoms. The van der Waals surface area contributed by atoms with Crippen LogP contribution in [-0.4, -0.2) is 34.7 Å². The van der Waals surface area contributed by atoms with E-state index in [2.05, 4.69) is 4.72 Å². The number of halogens is 3. The minimum Gasteiger partial charge on any atom is -0.379 e. The van der Waals surface area contributed by atoms with E-state index >= 15 is 0 Å². The molecular weight excluding hydrogens is 335 g/mol. The van der Waals surface area contributed by atoms with E-state index < -0.39 is 10.0 Å². The Kier molecular flexibility index (Phi) is 6.82. The van der Waals surface area contributed by atoms with Crippen molar-refractivity contribution in [3.63, 3.8) is 0 Å². The second-order valence-corrected chi connectivity index (χ2v) is 6.45. The maximum Gasteiger partial charge on any atom is 0.243 e. The van der Waals surface area contributed by atoms with Gasteiger partial charge in [0.25, 0.3) is 0 Å². The molecule has 0 spiro atoms. The zero-order valence-corrected chi connectivity index (χ0v) is 12.9. The van der Waals surface area contributed by atoms with Crippen LogP contribution >= 0.6 is 34.8 Å². The van der Waals surface area contributed by atoms with Crippen molar-refractivity contribution in [1.29, 1.82) is 0 Å². The normalized spacial score (nSPS) is 11.8. The number of ether oxygens (including phenoxy) is 1. The summed E-state index contributed by atoms with van der Waals surface area (Å²) < 4.78 is 31.4. The van der Waals surface area contributed by atoms with E-state index in [1.807, 2.05) is 0 Å². The molecule has 0 amide bonds. The monoisotopic (exact) mass is 346 g/mol. The third-order valence-electron chi connectivity index (χ3n) is 2.03. The summed E-state index contributed by atoms with van der Waals surface area (Å²) in [5.41, 5.74) is 5.23. The highest BCUT2D eigenvalue weighted by Gasteiger charge is 2.21. The van der Waals surface area contributed by atoms with E-state index in [1.54, 1.807) is 0 Å². The van der Waals surface area contributed by atoms with Crippen LogP contribution < -0.4 is 10.5 Å². The van der Waals surface area contributed by atoms with E-state index in [0.29, 0.717) is 13.2 Å². The van der Waals surface area contributed by atoms with Crippen LogP contribution in [-0.2, 0) is 14.8 Å². The Morgan fingerprint density at radius 1 is 1.16 bits per heavy atom. The summed E-state index contributed by atoms with van der Waals surface area (Å²) in [6, 6.07) is 2.63. The van der Waals surface area contributed by atoms with Gasteiger partial charge in [-0.1, -0.05) is 34.8 Å². The average molecular weight is 348 g/mol. The zero-order valence-electron chi connectivity index (χ0n) is 9.83. The Morgan fingerprint density at radius 2 is 1.74 bits per heavy atom. The highest BCUT2D eigenvalue weighted by atomic mass is 35.5. The highest BCUT2D eigenvalue weighted by Crippen LogP contribution is 2.32. The summed E-state index contributed by atoms with van der Waals surface area (Å²) in [7, 11) is -3.81. The maximum absolute atomic E-state index is 12.0. The van der Waals surface area contributed by atoms with Gasteiger partial charge in [0.1, 0.15) is 4.90 Å². The lowest BCUT2D eigenvalue weighted by atomic mass is 10.4. The lowest BCUT2D eigenvalue weighted by Crippen LogP contribution is -2.28. The smallest absolute Gasteiger partial charge is 0.243 e. The summed E-state index contributed by atoms with van der Waals surface area (Å²) in [6.45, 7) is 1.04. The van der Waals surface area contributed by atoms with Crippen molar-refractivity contribution in [3.05, 3.63) is 27.2 Å². The van der Waals surface area contributed by atoms with E-state index in [9.17, 15) is 8.42 Å². The molecule has 0 aliphatic carbocycles. The lowest BCUT2D eigenvalue weighted by Gasteiger charge is -2.10. The topological polar surface area (TPSA) is 81.4 Å². The van der Waals surface area contributed by atoms with Crippen LogP contribution in [0.2, 0.25) is 15.1 Å². The molecule has 0 bridgehead atoms. The van der Waals surface area contributed by atoms with Crippen molar-refractivity contribution in [2.45, 2.75) is 4.90 Å². The van der Waals surface area contributed by atoms with Crippen LogP contribution in [0, 0.1) is 0 Å². The Bertz CT molecular complexity index is 514. The molecule has 0 radical (unpaired) electrons. The van der Waals surface area contributed by atoms with Crippen LogP contribution in [0.1, 0.15) is 0 Å². The molecule has 1 aromatic rings. The number of hydrogen-bond donors (Lipinski definition) is 2. The number of nitrogens with one attached hydrogen (secondary N) is 1. The SMILES string of the molecule is NCCOCCNS(=O)(=O)c1c(Cl)cc(Cl)cc1Cl. The van der Waals surface area contributed by atoms with Crippen molar-refractivity contribution in [2.75, 3.05) is 26.3 Å². The molecular formula is C10H13Cl3N2O3S. The van der Waals surface area contributed by atoms with Gasteiger partial charge in [-0.25, -0.2) is 13.1 Å². The first kappa shape index (κ1) is 17.0. The molecule has 0 atom stereocenters. The summed E-state index contributed by atoms with van der Waals surface area (Å²) in [6.07, 6.45) is 0. The first-order valence-corrected chi connectivity index (χ1v) is 7.92. The van der Waals surface area contributed by atoms with Gasteiger partial charge in [-0.05, 0) is 12.1 Å². The van der Waals surface area contributed by atoms with Crippen molar-refractivity contribution in [1.82, 2.24) is 4.72 Å². The quantitative estimate of drug-likeness (QED) is 0.738. The van der Waals surface area contributed by atoms with Crippen molar-refractivity contribution in [2.24, 2.45) is 5.73 Å². The first-order valence-electron chi connectivity index (χ1n) is 5.30. The Balaban J connectivity index is 2.78. The summed E-state index contributed by atoms with van der Waals surface area (Å²) >= 11 is 17.4. The van der Waals surface area contributed by atoms with Gasteiger partial charge in [-0.15, -0.1) is 0 Å². The number of rotatable bonds is 7. The van der Waals surface area contributed by atoms with Crippen molar-refractivity contribution in [3.8, 4) is 0 Å². The van der Waals surface area contributed by atoms with Crippen LogP contribution in [0.25, 0.3) is 0 Å². The van der Waals surface area contributed by atoms with E-state index in [1.165, 1.54) is 12.1 Å².